The zero-order valence-electron chi connectivity index (χ0n) is 15.9. The molecule has 6 heteroatoms. The van der Waals surface area contributed by atoms with E-state index in [1.54, 1.807) is 7.11 Å². The third-order valence-electron chi connectivity index (χ3n) is 5.19. The molecular weight excluding hydrogens is 410 g/mol. The molecule has 0 bridgehead atoms. The van der Waals surface area contributed by atoms with Crippen molar-refractivity contribution in [1.29, 1.82) is 0 Å². The van der Waals surface area contributed by atoms with Gasteiger partial charge in [0.15, 0.2) is 23.0 Å². The smallest absolute Gasteiger partial charge is 0.231 e. The molecule has 0 saturated heterocycles. The van der Waals surface area contributed by atoms with Gasteiger partial charge < -0.3 is 24.3 Å². The summed E-state index contributed by atoms with van der Waals surface area (Å²) in [5, 5.41) is 3.65. The van der Waals surface area contributed by atoms with Gasteiger partial charge in [0.25, 0.3) is 0 Å². The Bertz CT molecular complexity index is 868. The lowest BCUT2D eigenvalue weighted by Gasteiger charge is -2.32. The molecule has 0 radical (unpaired) electrons. The minimum Gasteiger partial charge on any atom is -0.492 e. The van der Waals surface area contributed by atoms with E-state index in [9.17, 15) is 0 Å². The predicted molar refractivity (Wildman–Crippen MR) is 107 cm³/mol. The highest BCUT2D eigenvalue weighted by Gasteiger charge is 2.30. The molecule has 2 aromatic rings. The molecule has 2 aromatic carbocycles. The maximum Gasteiger partial charge on any atom is 0.231 e. The van der Waals surface area contributed by atoms with Gasteiger partial charge in [-0.25, -0.2) is 0 Å². The highest BCUT2D eigenvalue weighted by molar-refractivity contribution is 9.10. The number of ether oxygens (including phenoxy) is 4. The van der Waals surface area contributed by atoms with Crippen LogP contribution in [0.2, 0.25) is 0 Å². The first-order valence-corrected chi connectivity index (χ1v) is 10.1. The first-order valence-electron chi connectivity index (χ1n) is 9.27. The number of rotatable bonds is 5. The Morgan fingerprint density at radius 3 is 2.81 bits per heavy atom. The van der Waals surface area contributed by atoms with Crippen molar-refractivity contribution in [2.45, 2.75) is 32.7 Å². The Kier molecular flexibility index (Phi) is 5.19. The molecular formula is C21H24BrNO4. The summed E-state index contributed by atoms with van der Waals surface area (Å²) in [6.45, 7) is 5.89. The molecule has 5 nitrogen and oxygen atoms in total. The summed E-state index contributed by atoms with van der Waals surface area (Å²) in [6, 6.07) is 6.29. The molecule has 4 rings (SSSR count). The summed E-state index contributed by atoms with van der Waals surface area (Å²) in [7, 11) is 1.72. The van der Waals surface area contributed by atoms with E-state index in [0.717, 1.165) is 52.4 Å². The Morgan fingerprint density at radius 1 is 1.22 bits per heavy atom. The molecule has 2 aliphatic rings. The van der Waals surface area contributed by atoms with Gasteiger partial charge in [0.1, 0.15) is 0 Å². The van der Waals surface area contributed by atoms with Crippen LogP contribution in [0.1, 0.15) is 35.2 Å². The Labute approximate surface area is 168 Å². The lowest BCUT2D eigenvalue weighted by atomic mass is 9.87. The van der Waals surface area contributed by atoms with Crippen LogP contribution in [-0.4, -0.2) is 27.1 Å². The van der Waals surface area contributed by atoms with E-state index in [-0.39, 0.29) is 6.04 Å². The fourth-order valence-electron chi connectivity index (χ4n) is 3.96. The van der Waals surface area contributed by atoms with Crippen LogP contribution < -0.4 is 24.3 Å². The Balaban J connectivity index is 1.75. The molecule has 1 atom stereocenters. The maximum atomic E-state index is 5.95. The second-order valence-electron chi connectivity index (χ2n) is 6.78. The van der Waals surface area contributed by atoms with Gasteiger partial charge in [-0.05, 0) is 56.5 Å². The van der Waals surface area contributed by atoms with Crippen LogP contribution in [0.3, 0.4) is 0 Å². The van der Waals surface area contributed by atoms with Gasteiger partial charge in [-0.3, -0.25) is 0 Å². The van der Waals surface area contributed by atoms with Crippen molar-refractivity contribution in [2.75, 3.05) is 27.1 Å². The van der Waals surface area contributed by atoms with Gasteiger partial charge in [0.05, 0.1) is 13.7 Å². The number of halogens is 1. The molecule has 0 spiro atoms. The molecule has 27 heavy (non-hydrogen) atoms. The van der Waals surface area contributed by atoms with Gasteiger partial charge in [-0.2, -0.15) is 0 Å². The summed E-state index contributed by atoms with van der Waals surface area (Å²) in [4.78, 5) is 0. The standard InChI is InChI=1S/C21H24BrNO4/c1-4-25-20-12(2)19(22)14-7-8-23-15(18(14)21(20)24-3)9-13-5-6-16-17(10-13)27-11-26-16/h5-6,10,15,23H,4,7-9,11H2,1-3H3. The van der Waals surface area contributed by atoms with Crippen LogP contribution in [0, 0.1) is 6.92 Å². The number of fused-ring (bicyclic) bond motifs is 2. The number of benzene rings is 2. The second kappa shape index (κ2) is 7.60. The first-order chi connectivity index (χ1) is 13.1. The minimum atomic E-state index is 0.139. The molecule has 0 amide bonds. The van der Waals surface area contributed by atoms with Crippen molar-refractivity contribution in [3.05, 3.63) is 44.9 Å². The van der Waals surface area contributed by atoms with Gasteiger partial charge in [0.2, 0.25) is 6.79 Å². The van der Waals surface area contributed by atoms with E-state index in [2.05, 4.69) is 40.3 Å². The molecule has 0 fully saturated rings. The van der Waals surface area contributed by atoms with E-state index in [1.807, 2.05) is 13.0 Å². The monoisotopic (exact) mass is 433 g/mol. The zero-order valence-corrected chi connectivity index (χ0v) is 17.4. The molecule has 0 aliphatic carbocycles. The second-order valence-corrected chi connectivity index (χ2v) is 7.57. The van der Waals surface area contributed by atoms with E-state index in [0.29, 0.717) is 13.4 Å². The topological polar surface area (TPSA) is 49.0 Å². The van der Waals surface area contributed by atoms with Gasteiger partial charge in [0, 0.05) is 21.6 Å². The first kappa shape index (κ1) is 18.4. The van der Waals surface area contributed by atoms with E-state index in [1.165, 1.54) is 16.7 Å². The normalized spacial score (nSPS) is 17.6. The van der Waals surface area contributed by atoms with Crippen LogP contribution in [0.15, 0.2) is 22.7 Å². The zero-order chi connectivity index (χ0) is 19.0. The van der Waals surface area contributed by atoms with Crippen molar-refractivity contribution in [1.82, 2.24) is 5.32 Å². The maximum absolute atomic E-state index is 5.95. The summed E-state index contributed by atoms with van der Waals surface area (Å²) in [5.74, 6) is 3.29. The van der Waals surface area contributed by atoms with Crippen molar-refractivity contribution in [2.24, 2.45) is 0 Å². The van der Waals surface area contributed by atoms with Crippen LogP contribution in [0.25, 0.3) is 0 Å². The fraction of sp³-hybridized carbons (Fsp3) is 0.429. The van der Waals surface area contributed by atoms with Crippen LogP contribution in [-0.2, 0) is 12.8 Å². The molecule has 0 saturated carbocycles. The number of hydrogen-bond acceptors (Lipinski definition) is 5. The van der Waals surface area contributed by atoms with Crippen molar-refractivity contribution < 1.29 is 18.9 Å². The lowest BCUT2D eigenvalue weighted by Crippen LogP contribution is -2.32. The van der Waals surface area contributed by atoms with Crippen LogP contribution in [0.4, 0.5) is 0 Å². The van der Waals surface area contributed by atoms with E-state index < -0.39 is 0 Å². The number of methoxy groups -OCH3 is 1. The Morgan fingerprint density at radius 2 is 2.04 bits per heavy atom. The van der Waals surface area contributed by atoms with Crippen LogP contribution >= 0.6 is 15.9 Å². The third-order valence-corrected chi connectivity index (χ3v) is 6.27. The van der Waals surface area contributed by atoms with Crippen molar-refractivity contribution >= 4 is 15.9 Å². The van der Waals surface area contributed by atoms with E-state index >= 15 is 0 Å². The fourth-order valence-corrected chi connectivity index (χ4v) is 4.55. The minimum absolute atomic E-state index is 0.139. The summed E-state index contributed by atoms with van der Waals surface area (Å²) < 4.78 is 23.9. The average Bonchev–Trinajstić information content (AvgIpc) is 3.14. The quantitative estimate of drug-likeness (QED) is 0.760. The number of hydrogen-bond donors (Lipinski definition) is 1. The largest absolute Gasteiger partial charge is 0.492 e. The highest BCUT2D eigenvalue weighted by Crippen LogP contribution is 2.47. The molecule has 144 valence electrons. The third kappa shape index (κ3) is 3.25. The average molecular weight is 434 g/mol. The summed E-state index contributed by atoms with van der Waals surface area (Å²) in [5.41, 5.74) is 4.78. The van der Waals surface area contributed by atoms with Gasteiger partial charge >= 0.3 is 0 Å². The Hall–Kier alpha value is -1.92. The summed E-state index contributed by atoms with van der Waals surface area (Å²) >= 11 is 3.80. The SMILES string of the molecule is CCOc1c(C)c(Br)c2c(c1OC)C(Cc1ccc3c(c1)OCO3)NCC2. The molecule has 1 N–H and O–H groups in total. The molecule has 0 aromatic heterocycles. The van der Waals surface area contributed by atoms with E-state index in [4.69, 9.17) is 18.9 Å². The molecule has 2 heterocycles. The van der Waals surface area contributed by atoms with Crippen molar-refractivity contribution in [3.63, 3.8) is 0 Å². The predicted octanol–water partition coefficient (Wildman–Crippen LogP) is 4.32. The highest BCUT2D eigenvalue weighted by atomic mass is 79.9. The van der Waals surface area contributed by atoms with Crippen molar-refractivity contribution in [3.8, 4) is 23.0 Å². The molecule has 2 aliphatic heterocycles. The lowest BCUT2D eigenvalue weighted by molar-refractivity contribution is 0.174. The summed E-state index contributed by atoms with van der Waals surface area (Å²) in [6.07, 6.45) is 1.79. The van der Waals surface area contributed by atoms with Gasteiger partial charge in [-0.15, -0.1) is 0 Å². The van der Waals surface area contributed by atoms with Crippen LogP contribution in [0.5, 0.6) is 23.0 Å². The molecule has 1 unspecified atom stereocenters. The number of nitrogens with one attached hydrogen (secondary N) is 1. The van der Waals surface area contributed by atoms with Gasteiger partial charge in [-0.1, -0.05) is 22.0 Å².